The molecule has 5 rings (SSSR count). The van der Waals surface area contributed by atoms with Gasteiger partial charge in [0.2, 0.25) is 0 Å². The van der Waals surface area contributed by atoms with Gasteiger partial charge in [0.15, 0.2) is 11.2 Å². The molecule has 0 atom stereocenters. The normalized spacial score (nSPS) is 14.6. The Morgan fingerprint density at radius 1 is 0.967 bits per heavy atom. The van der Waals surface area contributed by atoms with Gasteiger partial charge in [-0.25, -0.2) is 14.3 Å². The number of hydrogen-bond donors (Lipinski definition) is 0. The minimum absolute atomic E-state index is 0.0512. The number of benzene rings is 2. The number of nitrogens with zero attached hydrogens (tertiary/aromatic N) is 4. The van der Waals surface area contributed by atoms with Gasteiger partial charge in [-0.1, -0.05) is 61.4 Å². The summed E-state index contributed by atoms with van der Waals surface area (Å²) >= 11 is 0. The van der Waals surface area contributed by atoms with Crippen LogP contribution in [0.4, 0.5) is 0 Å². The number of hydrogen-bond acceptors (Lipinski definition) is 3. The van der Waals surface area contributed by atoms with E-state index in [9.17, 15) is 9.59 Å². The second-order valence-corrected chi connectivity index (χ2v) is 8.05. The van der Waals surface area contributed by atoms with E-state index in [0.29, 0.717) is 17.7 Å². The van der Waals surface area contributed by atoms with E-state index in [0.717, 1.165) is 42.5 Å². The summed E-state index contributed by atoms with van der Waals surface area (Å²) in [6, 6.07) is 17.7. The molecule has 4 aromatic rings. The van der Waals surface area contributed by atoms with E-state index in [1.165, 1.54) is 4.57 Å². The molecule has 0 unspecified atom stereocenters. The van der Waals surface area contributed by atoms with Crippen LogP contribution in [0.1, 0.15) is 42.9 Å². The van der Waals surface area contributed by atoms with Crippen molar-refractivity contribution < 1.29 is 0 Å². The van der Waals surface area contributed by atoms with Gasteiger partial charge in [-0.05, 0) is 37.0 Å². The Balaban J connectivity index is 1.82. The molecule has 1 fully saturated rings. The lowest BCUT2D eigenvalue weighted by atomic mass is 10.2. The van der Waals surface area contributed by atoms with E-state index < -0.39 is 0 Å². The van der Waals surface area contributed by atoms with E-state index in [1.807, 2.05) is 66.1 Å². The second kappa shape index (κ2) is 7.44. The quantitative estimate of drug-likeness (QED) is 0.523. The van der Waals surface area contributed by atoms with Crippen LogP contribution in [0.2, 0.25) is 0 Å². The van der Waals surface area contributed by atoms with Crippen LogP contribution >= 0.6 is 0 Å². The van der Waals surface area contributed by atoms with Crippen molar-refractivity contribution in [1.29, 1.82) is 0 Å². The van der Waals surface area contributed by atoms with Crippen LogP contribution in [0.5, 0.6) is 0 Å². The predicted molar refractivity (Wildman–Crippen MR) is 117 cm³/mol. The van der Waals surface area contributed by atoms with Gasteiger partial charge in [-0.15, -0.1) is 0 Å². The summed E-state index contributed by atoms with van der Waals surface area (Å²) in [5.41, 5.74) is 3.19. The molecular formula is C24H24N4O2. The maximum absolute atomic E-state index is 13.6. The minimum atomic E-state index is -0.293. The van der Waals surface area contributed by atoms with Crippen molar-refractivity contribution in [3.8, 4) is 5.69 Å². The lowest BCUT2D eigenvalue weighted by Crippen LogP contribution is -2.42. The predicted octanol–water partition coefficient (Wildman–Crippen LogP) is 3.82. The number of aryl methyl sites for hydroxylation is 1. The van der Waals surface area contributed by atoms with Gasteiger partial charge >= 0.3 is 5.69 Å². The molecule has 2 heterocycles. The fraction of sp³-hybridized carbons (Fsp3) is 0.292. The van der Waals surface area contributed by atoms with E-state index in [4.69, 9.17) is 0 Å². The molecule has 1 saturated carbocycles. The molecule has 2 aromatic heterocycles. The third kappa shape index (κ3) is 3.00. The Bertz CT molecular complexity index is 1330. The summed E-state index contributed by atoms with van der Waals surface area (Å²) in [5, 5.41) is 0. The van der Waals surface area contributed by atoms with E-state index in [1.54, 1.807) is 10.9 Å². The molecule has 6 heteroatoms. The van der Waals surface area contributed by atoms with Gasteiger partial charge in [0.05, 0.1) is 12.0 Å². The first-order valence-electron chi connectivity index (χ1n) is 10.5. The average molecular weight is 400 g/mol. The lowest BCUT2D eigenvalue weighted by molar-refractivity contribution is 0.474. The van der Waals surface area contributed by atoms with Crippen molar-refractivity contribution >= 4 is 11.2 Å². The fourth-order valence-corrected chi connectivity index (χ4v) is 4.57. The molecule has 2 aromatic carbocycles. The van der Waals surface area contributed by atoms with Crippen molar-refractivity contribution in [2.24, 2.45) is 0 Å². The Morgan fingerprint density at radius 3 is 2.40 bits per heavy atom. The molecule has 0 saturated heterocycles. The van der Waals surface area contributed by atoms with Crippen molar-refractivity contribution in [2.75, 3.05) is 0 Å². The zero-order valence-electron chi connectivity index (χ0n) is 17.0. The lowest BCUT2D eigenvalue weighted by Gasteiger charge is -2.17. The van der Waals surface area contributed by atoms with Crippen LogP contribution < -0.4 is 11.2 Å². The molecule has 6 nitrogen and oxygen atoms in total. The summed E-state index contributed by atoms with van der Waals surface area (Å²) in [6.45, 7) is 2.50. The zero-order chi connectivity index (χ0) is 20.7. The molecule has 1 aliphatic rings. The Kier molecular flexibility index (Phi) is 4.62. The third-order valence-electron chi connectivity index (χ3n) is 6.09. The SMILES string of the molecule is Cc1ccccc1-n1c(=O)n(C2CCCC2)c(=O)c2c1ncn2Cc1ccccc1. The molecule has 0 amide bonds. The number of para-hydroxylation sites is 1. The summed E-state index contributed by atoms with van der Waals surface area (Å²) < 4.78 is 4.96. The van der Waals surface area contributed by atoms with Crippen molar-refractivity contribution in [1.82, 2.24) is 18.7 Å². The smallest absolute Gasteiger partial charge is 0.320 e. The molecule has 0 spiro atoms. The summed E-state index contributed by atoms with van der Waals surface area (Å²) in [6.07, 6.45) is 5.49. The van der Waals surface area contributed by atoms with Gasteiger partial charge in [0.25, 0.3) is 5.56 Å². The zero-order valence-corrected chi connectivity index (χ0v) is 17.0. The molecule has 0 aliphatic heterocycles. The Labute approximate surface area is 174 Å². The van der Waals surface area contributed by atoms with E-state index >= 15 is 0 Å². The molecular weight excluding hydrogens is 376 g/mol. The monoisotopic (exact) mass is 400 g/mol. The van der Waals surface area contributed by atoms with Gasteiger partial charge in [0, 0.05) is 12.6 Å². The van der Waals surface area contributed by atoms with Gasteiger partial charge in [-0.2, -0.15) is 0 Å². The molecule has 0 bridgehead atoms. The van der Waals surface area contributed by atoms with Gasteiger partial charge < -0.3 is 4.57 Å². The Morgan fingerprint density at radius 2 is 1.67 bits per heavy atom. The number of imidazole rings is 1. The second-order valence-electron chi connectivity index (χ2n) is 8.05. The first-order valence-corrected chi connectivity index (χ1v) is 10.5. The van der Waals surface area contributed by atoms with Crippen molar-refractivity contribution in [3.05, 3.63) is 92.9 Å². The highest BCUT2D eigenvalue weighted by molar-refractivity contribution is 5.73. The van der Waals surface area contributed by atoms with Crippen molar-refractivity contribution in [2.45, 2.75) is 45.2 Å². The molecule has 0 radical (unpaired) electrons. The van der Waals surface area contributed by atoms with Gasteiger partial charge in [0.1, 0.15) is 0 Å². The van der Waals surface area contributed by atoms with Crippen LogP contribution in [-0.2, 0) is 6.54 Å². The fourth-order valence-electron chi connectivity index (χ4n) is 4.57. The number of rotatable bonds is 4. The largest absolute Gasteiger partial charge is 0.337 e. The van der Waals surface area contributed by atoms with Gasteiger partial charge in [-0.3, -0.25) is 9.36 Å². The Hall–Kier alpha value is -3.41. The summed E-state index contributed by atoms with van der Waals surface area (Å²) in [7, 11) is 0. The number of aromatic nitrogens is 4. The highest BCUT2D eigenvalue weighted by Crippen LogP contribution is 2.28. The van der Waals surface area contributed by atoms with Crippen molar-refractivity contribution in [3.63, 3.8) is 0 Å². The average Bonchev–Trinajstić information content (AvgIpc) is 3.41. The first kappa shape index (κ1) is 18.6. The van der Waals surface area contributed by atoms with Crippen LogP contribution in [0, 0.1) is 6.92 Å². The van der Waals surface area contributed by atoms with Crippen LogP contribution in [0.25, 0.3) is 16.9 Å². The highest BCUT2D eigenvalue weighted by Gasteiger charge is 2.26. The minimum Gasteiger partial charge on any atom is -0.320 e. The maximum atomic E-state index is 13.6. The molecule has 1 aliphatic carbocycles. The molecule has 152 valence electrons. The van der Waals surface area contributed by atoms with E-state index in [-0.39, 0.29) is 17.3 Å². The summed E-state index contributed by atoms with van der Waals surface area (Å²) in [4.78, 5) is 31.7. The molecule has 30 heavy (non-hydrogen) atoms. The summed E-state index contributed by atoms with van der Waals surface area (Å²) in [5.74, 6) is 0. The standard InChI is InChI=1S/C24H24N4O2/c1-17-9-5-8-14-20(17)28-22-21(23(29)27(24(28)30)19-12-6-7-13-19)26(16-25-22)15-18-10-3-2-4-11-18/h2-5,8-11,14,16,19H,6-7,12-13,15H2,1H3. The highest BCUT2D eigenvalue weighted by atomic mass is 16.2. The van der Waals surface area contributed by atoms with Crippen LogP contribution in [-0.4, -0.2) is 18.7 Å². The number of fused-ring (bicyclic) bond motifs is 1. The first-order chi connectivity index (χ1) is 14.6. The van der Waals surface area contributed by atoms with Crippen LogP contribution in [0.3, 0.4) is 0 Å². The molecule has 0 N–H and O–H groups in total. The van der Waals surface area contributed by atoms with Crippen LogP contribution in [0.15, 0.2) is 70.5 Å². The van der Waals surface area contributed by atoms with E-state index in [2.05, 4.69) is 4.98 Å². The third-order valence-corrected chi connectivity index (χ3v) is 6.09. The topological polar surface area (TPSA) is 61.8 Å². The maximum Gasteiger partial charge on any atom is 0.337 e.